The summed E-state index contributed by atoms with van der Waals surface area (Å²) in [5.74, 6) is -0.0663. The first-order valence-corrected chi connectivity index (χ1v) is 8.98. The van der Waals surface area contributed by atoms with E-state index < -0.39 is 0 Å². The summed E-state index contributed by atoms with van der Waals surface area (Å²) in [4.78, 5) is 15.2. The van der Waals surface area contributed by atoms with E-state index in [-0.39, 0.29) is 5.91 Å². The second kappa shape index (κ2) is 5.59. The van der Waals surface area contributed by atoms with Crippen molar-refractivity contribution in [3.05, 3.63) is 30.0 Å². The molecule has 24 heavy (non-hydrogen) atoms. The quantitative estimate of drug-likeness (QED) is 0.940. The van der Waals surface area contributed by atoms with Crippen LogP contribution in [-0.2, 0) is 7.05 Å². The van der Waals surface area contributed by atoms with Crippen LogP contribution >= 0.6 is 0 Å². The van der Waals surface area contributed by atoms with Gasteiger partial charge in [-0.1, -0.05) is 18.2 Å². The molecular formula is C19H26N4O. The first kappa shape index (κ1) is 15.6. The van der Waals surface area contributed by atoms with Gasteiger partial charge in [0.25, 0.3) is 5.91 Å². The minimum absolute atomic E-state index is 0.0663. The molecule has 5 heteroatoms. The third-order valence-electron chi connectivity index (χ3n) is 6.00. The molecule has 2 aliphatic heterocycles. The van der Waals surface area contributed by atoms with Crippen LogP contribution in [0.4, 0.5) is 0 Å². The van der Waals surface area contributed by atoms with Crippen LogP contribution in [0.3, 0.4) is 0 Å². The van der Waals surface area contributed by atoms with E-state index in [0.29, 0.717) is 29.9 Å². The third-order valence-corrected chi connectivity index (χ3v) is 6.00. The summed E-state index contributed by atoms with van der Waals surface area (Å²) >= 11 is 0. The van der Waals surface area contributed by atoms with Crippen molar-refractivity contribution < 1.29 is 4.79 Å². The fourth-order valence-electron chi connectivity index (χ4n) is 4.88. The number of hydrogen-bond donors (Lipinski definition) is 1. The van der Waals surface area contributed by atoms with Gasteiger partial charge >= 0.3 is 0 Å². The van der Waals surface area contributed by atoms with E-state index in [0.717, 1.165) is 17.3 Å². The average molecular weight is 326 g/mol. The molecule has 1 N–H and O–H groups in total. The topological polar surface area (TPSA) is 50.2 Å². The first-order chi connectivity index (χ1) is 11.5. The SMILES string of the molecule is CC1CCC2(C)CC(CCNC(=O)c3nn(C)c4ccccc34)N12. The van der Waals surface area contributed by atoms with Gasteiger partial charge in [0.1, 0.15) is 0 Å². The van der Waals surface area contributed by atoms with Crippen molar-refractivity contribution >= 4 is 16.8 Å². The fourth-order valence-corrected chi connectivity index (χ4v) is 4.88. The Balaban J connectivity index is 1.37. The van der Waals surface area contributed by atoms with Crippen LogP contribution in [0.1, 0.15) is 50.0 Å². The number of fused-ring (bicyclic) bond motifs is 2. The van der Waals surface area contributed by atoms with Crippen molar-refractivity contribution in [3.63, 3.8) is 0 Å². The molecule has 0 radical (unpaired) electrons. The molecule has 5 nitrogen and oxygen atoms in total. The number of carbonyl (C=O) groups is 1. The van der Waals surface area contributed by atoms with Crippen LogP contribution in [0.25, 0.3) is 10.9 Å². The molecule has 0 bridgehead atoms. The largest absolute Gasteiger partial charge is 0.351 e. The van der Waals surface area contributed by atoms with Crippen LogP contribution in [0.15, 0.2) is 24.3 Å². The van der Waals surface area contributed by atoms with E-state index in [1.165, 1.54) is 19.3 Å². The Bertz CT molecular complexity index is 783. The summed E-state index contributed by atoms with van der Waals surface area (Å²) < 4.78 is 1.77. The number of para-hydroxylation sites is 1. The number of aryl methyl sites for hydroxylation is 1. The van der Waals surface area contributed by atoms with Crippen LogP contribution in [-0.4, -0.2) is 44.8 Å². The number of amides is 1. The molecule has 2 aliphatic rings. The molecule has 0 saturated carbocycles. The zero-order chi connectivity index (χ0) is 16.9. The number of nitrogens with zero attached hydrogens (tertiary/aromatic N) is 3. The van der Waals surface area contributed by atoms with E-state index in [1.54, 1.807) is 4.68 Å². The maximum atomic E-state index is 12.5. The minimum atomic E-state index is -0.0663. The number of hydrogen-bond acceptors (Lipinski definition) is 3. The van der Waals surface area contributed by atoms with Gasteiger partial charge in [-0.2, -0.15) is 5.10 Å². The van der Waals surface area contributed by atoms with Gasteiger partial charge in [-0.05, 0) is 45.6 Å². The second-order valence-electron chi connectivity index (χ2n) is 7.68. The third kappa shape index (κ3) is 2.34. The van der Waals surface area contributed by atoms with Crippen molar-refractivity contribution in [2.45, 2.75) is 57.2 Å². The summed E-state index contributed by atoms with van der Waals surface area (Å²) in [6.07, 6.45) is 4.91. The maximum Gasteiger partial charge on any atom is 0.272 e. The highest BCUT2D eigenvalue weighted by atomic mass is 16.1. The van der Waals surface area contributed by atoms with E-state index in [9.17, 15) is 4.79 Å². The van der Waals surface area contributed by atoms with Gasteiger partial charge in [-0.15, -0.1) is 0 Å². The molecule has 3 heterocycles. The number of benzene rings is 1. The standard InChI is InChI=1S/C19H26N4O/c1-13-8-10-19(2)12-14(23(13)19)9-11-20-18(24)17-15-6-4-5-7-16(15)22(3)21-17/h4-7,13-14H,8-12H2,1-3H3,(H,20,24). The van der Waals surface area contributed by atoms with Crippen molar-refractivity contribution in [1.82, 2.24) is 20.0 Å². The molecule has 3 unspecified atom stereocenters. The number of rotatable bonds is 4. The molecule has 0 spiro atoms. The maximum absolute atomic E-state index is 12.5. The van der Waals surface area contributed by atoms with Crippen LogP contribution in [0, 0.1) is 0 Å². The molecule has 1 amide bonds. The summed E-state index contributed by atoms with van der Waals surface area (Å²) in [6.45, 7) is 5.43. The molecular weight excluding hydrogens is 300 g/mol. The minimum Gasteiger partial charge on any atom is -0.351 e. The Morgan fingerprint density at radius 1 is 1.42 bits per heavy atom. The normalized spacial score (nSPS) is 29.5. The van der Waals surface area contributed by atoms with E-state index >= 15 is 0 Å². The lowest BCUT2D eigenvalue weighted by Crippen LogP contribution is -2.63. The van der Waals surface area contributed by atoms with Gasteiger partial charge in [0, 0.05) is 36.6 Å². The molecule has 2 saturated heterocycles. The highest BCUT2D eigenvalue weighted by Crippen LogP contribution is 2.48. The number of aromatic nitrogens is 2. The highest BCUT2D eigenvalue weighted by molar-refractivity contribution is 6.04. The zero-order valence-electron chi connectivity index (χ0n) is 14.7. The molecule has 4 rings (SSSR count). The van der Waals surface area contributed by atoms with E-state index in [1.807, 2.05) is 31.3 Å². The predicted octanol–water partition coefficient (Wildman–Crippen LogP) is 2.71. The van der Waals surface area contributed by atoms with Gasteiger partial charge in [0.05, 0.1) is 5.52 Å². The molecule has 2 fully saturated rings. The van der Waals surface area contributed by atoms with Crippen molar-refractivity contribution in [3.8, 4) is 0 Å². The first-order valence-electron chi connectivity index (χ1n) is 8.98. The van der Waals surface area contributed by atoms with Gasteiger partial charge in [-0.25, -0.2) is 0 Å². The van der Waals surface area contributed by atoms with Gasteiger partial charge in [-0.3, -0.25) is 14.4 Å². The lowest BCUT2D eigenvalue weighted by molar-refractivity contribution is -0.0516. The Labute approximate surface area is 143 Å². The molecule has 0 aliphatic carbocycles. The van der Waals surface area contributed by atoms with E-state index in [2.05, 4.69) is 29.2 Å². The number of carbonyl (C=O) groups excluding carboxylic acids is 1. The van der Waals surface area contributed by atoms with Gasteiger partial charge in [0.15, 0.2) is 5.69 Å². The Kier molecular flexibility index (Phi) is 3.64. The zero-order valence-corrected chi connectivity index (χ0v) is 14.7. The summed E-state index contributed by atoms with van der Waals surface area (Å²) in [6, 6.07) is 9.17. The average Bonchev–Trinajstić information content (AvgIpc) is 3.00. The van der Waals surface area contributed by atoms with Crippen LogP contribution in [0.5, 0.6) is 0 Å². The second-order valence-corrected chi connectivity index (χ2v) is 7.68. The Hall–Kier alpha value is -1.88. The van der Waals surface area contributed by atoms with Crippen LogP contribution < -0.4 is 5.32 Å². The monoisotopic (exact) mass is 326 g/mol. The smallest absolute Gasteiger partial charge is 0.272 e. The molecule has 3 atom stereocenters. The summed E-state index contributed by atoms with van der Waals surface area (Å²) in [7, 11) is 1.88. The van der Waals surface area contributed by atoms with Gasteiger partial charge in [0.2, 0.25) is 0 Å². The summed E-state index contributed by atoms with van der Waals surface area (Å²) in [5, 5.41) is 8.38. The highest BCUT2D eigenvalue weighted by Gasteiger charge is 2.53. The van der Waals surface area contributed by atoms with Crippen molar-refractivity contribution in [1.29, 1.82) is 0 Å². The lowest BCUT2D eigenvalue weighted by atomic mass is 9.79. The van der Waals surface area contributed by atoms with Crippen LogP contribution in [0.2, 0.25) is 0 Å². The summed E-state index contributed by atoms with van der Waals surface area (Å²) in [5.41, 5.74) is 1.94. The number of nitrogens with one attached hydrogen (secondary N) is 1. The molecule has 128 valence electrons. The Morgan fingerprint density at radius 2 is 2.21 bits per heavy atom. The molecule has 2 aromatic rings. The molecule has 1 aromatic heterocycles. The Morgan fingerprint density at radius 3 is 3.00 bits per heavy atom. The predicted molar refractivity (Wildman–Crippen MR) is 95.0 cm³/mol. The van der Waals surface area contributed by atoms with Crippen molar-refractivity contribution in [2.75, 3.05) is 6.54 Å². The van der Waals surface area contributed by atoms with Gasteiger partial charge < -0.3 is 5.32 Å². The van der Waals surface area contributed by atoms with Crippen molar-refractivity contribution in [2.24, 2.45) is 7.05 Å². The molecule has 1 aromatic carbocycles. The van der Waals surface area contributed by atoms with E-state index in [4.69, 9.17) is 0 Å². The fraction of sp³-hybridized carbons (Fsp3) is 0.579. The lowest BCUT2D eigenvalue weighted by Gasteiger charge is -2.55.